The van der Waals surface area contributed by atoms with Gasteiger partial charge in [0.15, 0.2) is 0 Å². The summed E-state index contributed by atoms with van der Waals surface area (Å²) in [6.45, 7) is 3.74. The molecular formula is C16H20ClFN2S. The summed E-state index contributed by atoms with van der Waals surface area (Å²) < 4.78 is 16.1. The standard InChI is InChI=1S/C16H20ClFN2S/c1-9-7-14-12(8-11(9)18)19-16(10(2)17)20(14)13-5-4-6-15(13)21-3/h7-8,10,13,15H,4-6H2,1-3H3. The summed E-state index contributed by atoms with van der Waals surface area (Å²) in [5.74, 6) is 0.663. The Hall–Kier alpha value is -0.740. The van der Waals surface area contributed by atoms with Gasteiger partial charge in [0.25, 0.3) is 0 Å². The third-order valence-electron chi connectivity index (χ3n) is 4.41. The molecule has 0 amide bonds. The zero-order valence-corrected chi connectivity index (χ0v) is 14.1. The number of hydrogen-bond acceptors (Lipinski definition) is 2. The van der Waals surface area contributed by atoms with Crippen LogP contribution in [-0.2, 0) is 0 Å². The molecule has 1 heterocycles. The maximum atomic E-state index is 13.8. The monoisotopic (exact) mass is 326 g/mol. The van der Waals surface area contributed by atoms with E-state index < -0.39 is 0 Å². The number of alkyl halides is 1. The number of fused-ring (bicyclic) bond motifs is 1. The van der Waals surface area contributed by atoms with Crippen LogP contribution < -0.4 is 0 Å². The zero-order valence-electron chi connectivity index (χ0n) is 12.6. The molecule has 0 bridgehead atoms. The molecular weight excluding hydrogens is 307 g/mol. The van der Waals surface area contributed by atoms with E-state index in [1.54, 1.807) is 6.92 Å². The third kappa shape index (κ3) is 2.57. The topological polar surface area (TPSA) is 17.8 Å². The van der Waals surface area contributed by atoms with Gasteiger partial charge in [-0.3, -0.25) is 0 Å². The molecule has 2 aromatic rings. The van der Waals surface area contributed by atoms with E-state index in [0.29, 0.717) is 22.4 Å². The molecule has 1 aliphatic carbocycles. The first-order valence-electron chi connectivity index (χ1n) is 7.37. The molecule has 3 rings (SSSR count). The fraction of sp³-hybridized carbons (Fsp3) is 0.562. The second kappa shape index (κ2) is 5.81. The van der Waals surface area contributed by atoms with E-state index in [-0.39, 0.29) is 11.2 Å². The van der Waals surface area contributed by atoms with E-state index in [1.165, 1.54) is 18.9 Å². The number of halogens is 2. The van der Waals surface area contributed by atoms with E-state index in [1.807, 2.05) is 24.8 Å². The summed E-state index contributed by atoms with van der Waals surface area (Å²) in [6, 6.07) is 3.86. The Labute approximate surface area is 134 Å². The van der Waals surface area contributed by atoms with Crippen molar-refractivity contribution in [2.24, 2.45) is 0 Å². The molecule has 5 heteroatoms. The van der Waals surface area contributed by atoms with Gasteiger partial charge in [-0.15, -0.1) is 11.6 Å². The van der Waals surface area contributed by atoms with Crippen LogP contribution in [0, 0.1) is 12.7 Å². The first kappa shape index (κ1) is 15.2. The maximum Gasteiger partial charge on any atom is 0.128 e. The number of hydrogen-bond donors (Lipinski definition) is 0. The number of benzene rings is 1. The molecule has 1 aliphatic rings. The summed E-state index contributed by atoms with van der Waals surface area (Å²) in [5, 5.41) is 0.408. The highest BCUT2D eigenvalue weighted by atomic mass is 35.5. The van der Waals surface area contributed by atoms with Crippen molar-refractivity contribution in [3.63, 3.8) is 0 Å². The SMILES string of the molecule is CSC1CCCC1n1c(C(C)Cl)nc2cc(F)c(C)cc21. The molecule has 2 nitrogen and oxygen atoms in total. The van der Waals surface area contributed by atoms with Gasteiger partial charge in [-0.2, -0.15) is 11.8 Å². The van der Waals surface area contributed by atoms with Gasteiger partial charge in [0.1, 0.15) is 11.6 Å². The Morgan fingerprint density at radius 1 is 1.43 bits per heavy atom. The van der Waals surface area contributed by atoms with Gasteiger partial charge in [-0.1, -0.05) is 6.42 Å². The summed E-state index contributed by atoms with van der Waals surface area (Å²) in [5.41, 5.74) is 2.39. The summed E-state index contributed by atoms with van der Waals surface area (Å²) in [7, 11) is 0. The Balaban J connectivity index is 2.23. The molecule has 1 fully saturated rings. The van der Waals surface area contributed by atoms with Crippen molar-refractivity contribution >= 4 is 34.4 Å². The number of aryl methyl sites for hydroxylation is 1. The highest BCUT2D eigenvalue weighted by Gasteiger charge is 2.32. The van der Waals surface area contributed by atoms with E-state index in [9.17, 15) is 4.39 Å². The Morgan fingerprint density at radius 2 is 2.19 bits per heavy atom. The smallest absolute Gasteiger partial charge is 0.128 e. The highest BCUT2D eigenvalue weighted by molar-refractivity contribution is 7.99. The number of rotatable bonds is 3. The number of thioether (sulfide) groups is 1. The first-order valence-corrected chi connectivity index (χ1v) is 9.10. The number of aromatic nitrogens is 2. The van der Waals surface area contributed by atoms with Crippen LogP contribution >= 0.6 is 23.4 Å². The lowest BCUT2D eigenvalue weighted by Crippen LogP contribution is -2.18. The Morgan fingerprint density at radius 3 is 2.86 bits per heavy atom. The van der Waals surface area contributed by atoms with Crippen LogP contribution in [0.4, 0.5) is 4.39 Å². The minimum atomic E-state index is -0.200. The number of imidazole rings is 1. The van der Waals surface area contributed by atoms with Crippen LogP contribution in [0.15, 0.2) is 12.1 Å². The van der Waals surface area contributed by atoms with Gasteiger partial charge in [0.05, 0.1) is 16.4 Å². The summed E-state index contributed by atoms with van der Waals surface area (Å²) in [6.07, 6.45) is 5.76. The second-order valence-corrected chi connectivity index (χ2v) is 7.55. The van der Waals surface area contributed by atoms with Gasteiger partial charge >= 0.3 is 0 Å². The lowest BCUT2D eigenvalue weighted by molar-refractivity contribution is 0.519. The zero-order chi connectivity index (χ0) is 15.1. The van der Waals surface area contributed by atoms with E-state index in [4.69, 9.17) is 11.6 Å². The average Bonchev–Trinajstić information content (AvgIpc) is 3.02. The fourth-order valence-corrected chi connectivity index (χ4v) is 4.47. The van der Waals surface area contributed by atoms with Crippen LogP contribution in [0.1, 0.15) is 49.0 Å². The van der Waals surface area contributed by atoms with Crippen molar-refractivity contribution in [2.45, 2.75) is 49.8 Å². The normalized spacial score (nSPS) is 23.9. The molecule has 1 saturated carbocycles. The lowest BCUT2D eigenvalue weighted by atomic mass is 10.2. The quantitative estimate of drug-likeness (QED) is 0.718. The van der Waals surface area contributed by atoms with Gasteiger partial charge in [-0.05, 0) is 44.6 Å². The fourth-order valence-electron chi connectivity index (χ4n) is 3.34. The summed E-state index contributed by atoms with van der Waals surface area (Å²) >= 11 is 8.25. The maximum absolute atomic E-state index is 13.8. The van der Waals surface area contributed by atoms with Crippen molar-refractivity contribution in [3.05, 3.63) is 29.3 Å². The molecule has 0 N–H and O–H groups in total. The van der Waals surface area contributed by atoms with E-state index >= 15 is 0 Å². The van der Waals surface area contributed by atoms with Crippen molar-refractivity contribution in [3.8, 4) is 0 Å². The second-order valence-electron chi connectivity index (χ2n) is 5.82. The van der Waals surface area contributed by atoms with Crippen LogP contribution in [0.5, 0.6) is 0 Å². The average molecular weight is 327 g/mol. The van der Waals surface area contributed by atoms with Gasteiger partial charge in [0, 0.05) is 17.4 Å². The van der Waals surface area contributed by atoms with Crippen molar-refractivity contribution in [1.82, 2.24) is 9.55 Å². The largest absolute Gasteiger partial charge is 0.322 e. The van der Waals surface area contributed by atoms with Crippen molar-refractivity contribution in [2.75, 3.05) is 6.26 Å². The number of nitrogens with zero attached hydrogens (tertiary/aromatic N) is 2. The van der Waals surface area contributed by atoms with Gasteiger partial charge in [-0.25, -0.2) is 9.37 Å². The lowest BCUT2D eigenvalue weighted by Gasteiger charge is -2.23. The van der Waals surface area contributed by atoms with Crippen LogP contribution in [-0.4, -0.2) is 21.1 Å². The molecule has 21 heavy (non-hydrogen) atoms. The summed E-state index contributed by atoms with van der Waals surface area (Å²) in [4.78, 5) is 4.61. The molecule has 3 atom stereocenters. The van der Waals surface area contributed by atoms with Crippen molar-refractivity contribution in [1.29, 1.82) is 0 Å². The van der Waals surface area contributed by atoms with Crippen LogP contribution in [0.25, 0.3) is 11.0 Å². The molecule has 1 aromatic heterocycles. The first-order chi connectivity index (χ1) is 10.0. The predicted octanol–water partition coefficient (Wildman–Crippen LogP) is 5.24. The molecule has 0 radical (unpaired) electrons. The predicted molar refractivity (Wildman–Crippen MR) is 88.9 cm³/mol. The Bertz CT molecular complexity index is 668. The van der Waals surface area contributed by atoms with Gasteiger partial charge < -0.3 is 4.57 Å². The van der Waals surface area contributed by atoms with E-state index in [2.05, 4.69) is 15.8 Å². The highest BCUT2D eigenvalue weighted by Crippen LogP contribution is 2.41. The van der Waals surface area contributed by atoms with E-state index in [0.717, 1.165) is 17.8 Å². The Kier molecular flexibility index (Phi) is 4.19. The van der Waals surface area contributed by atoms with Crippen molar-refractivity contribution < 1.29 is 4.39 Å². The minimum Gasteiger partial charge on any atom is -0.322 e. The molecule has 0 spiro atoms. The van der Waals surface area contributed by atoms with Crippen LogP contribution in [0.3, 0.4) is 0 Å². The molecule has 0 saturated heterocycles. The molecule has 1 aromatic carbocycles. The van der Waals surface area contributed by atoms with Crippen LogP contribution in [0.2, 0.25) is 0 Å². The van der Waals surface area contributed by atoms with Gasteiger partial charge in [0.2, 0.25) is 0 Å². The molecule has 114 valence electrons. The third-order valence-corrected chi connectivity index (χ3v) is 5.76. The minimum absolute atomic E-state index is 0.177. The molecule has 0 aliphatic heterocycles. The molecule has 3 unspecified atom stereocenters.